The van der Waals surface area contributed by atoms with Crippen molar-refractivity contribution < 1.29 is 57.5 Å². The largest absolute Gasteiger partial charge is 0.344 e. The summed E-state index contributed by atoms with van der Waals surface area (Å²) in [7, 11) is 0. The van der Waals surface area contributed by atoms with Crippen LogP contribution < -0.4 is 31.9 Å². The first-order chi connectivity index (χ1) is 31.8. The van der Waals surface area contributed by atoms with Crippen molar-refractivity contribution in [3.63, 3.8) is 0 Å². The van der Waals surface area contributed by atoms with Gasteiger partial charge >= 0.3 is 12.1 Å². The van der Waals surface area contributed by atoms with Crippen LogP contribution in [0.25, 0.3) is 0 Å². The second kappa shape index (κ2) is 25.5. The second-order valence-corrected chi connectivity index (χ2v) is 17.1. The van der Waals surface area contributed by atoms with Gasteiger partial charge in [-0.2, -0.15) is 0 Å². The zero-order valence-electron chi connectivity index (χ0n) is 38.3. The number of Topliss-reactive ketones (excluding diaryl/α,β-unsaturated/α-hetero) is 2. The van der Waals surface area contributed by atoms with E-state index < -0.39 is 59.6 Å². The molecule has 0 radical (unpaired) electrons. The number of likely N-dealkylation sites (tertiary alicyclic amines) is 2. The first-order valence-electron chi connectivity index (χ1n) is 22.5. The van der Waals surface area contributed by atoms with E-state index >= 15 is 0 Å². The van der Waals surface area contributed by atoms with Gasteiger partial charge in [-0.15, -0.1) is 0 Å². The molecule has 0 saturated carbocycles. The lowest BCUT2D eigenvalue weighted by molar-refractivity contribution is -0.140. The monoisotopic (exact) mass is 928 g/mol. The van der Waals surface area contributed by atoms with Crippen LogP contribution in [0.15, 0.2) is 48.5 Å². The van der Waals surface area contributed by atoms with Crippen molar-refractivity contribution in [3.8, 4) is 0 Å². The van der Waals surface area contributed by atoms with Crippen molar-refractivity contribution in [2.45, 2.75) is 123 Å². The van der Waals surface area contributed by atoms with Crippen molar-refractivity contribution in [3.05, 3.63) is 59.7 Å². The number of carbonyl (C=O) groups excluding carboxylic acids is 12. The summed E-state index contributed by atoms with van der Waals surface area (Å²) >= 11 is 0. The molecule has 12 amide bonds. The third-order valence-electron chi connectivity index (χ3n) is 11.1. The van der Waals surface area contributed by atoms with Crippen molar-refractivity contribution in [1.29, 1.82) is 0 Å². The van der Waals surface area contributed by atoms with E-state index in [0.717, 1.165) is 11.1 Å². The van der Waals surface area contributed by atoms with E-state index in [2.05, 4.69) is 31.9 Å². The lowest BCUT2D eigenvalue weighted by Gasteiger charge is -2.20. The Bertz CT molecular complexity index is 2060. The summed E-state index contributed by atoms with van der Waals surface area (Å²) in [5.74, 6) is -5.01. The topological polar surface area (TPSA) is 283 Å². The summed E-state index contributed by atoms with van der Waals surface area (Å²) in [5, 5.41) is 14.7. The van der Waals surface area contributed by atoms with Gasteiger partial charge in [0.25, 0.3) is 11.8 Å². The Labute approximate surface area is 388 Å². The predicted octanol–water partition coefficient (Wildman–Crippen LogP) is 3.22. The van der Waals surface area contributed by atoms with Crippen LogP contribution in [-0.4, -0.2) is 106 Å². The van der Waals surface area contributed by atoms with E-state index in [1.54, 1.807) is 62.4 Å². The van der Waals surface area contributed by atoms with Gasteiger partial charge in [-0.1, -0.05) is 38.1 Å². The maximum absolute atomic E-state index is 13.4. The lowest BCUT2D eigenvalue weighted by Crippen LogP contribution is -2.50. The van der Waals surface area contributed by atoms with Crippen molar-refractivity contribution >= 4 is 82.3 Å². The molecule has 2 saturated heterocycles. The molecule has 2 aliphatic rings. The minimum Gasteiger partial charge on any atom is -0.344 e. The van der Waals surface area contributed by atoms with Crippen LogP contribution in [0.5, 0.6) is 0 Å². The average Bonchev–Trinajstić information content (AvgIpc) is 3.64. The van der Waals surface area contributed by atoms with Gasteiger partial charge in [0.1, 0.15) is 23.7 Å². The quantitative estimate of drug-likeness (QED) is 0.0654. The number of amides is 12. The Morgan fingerprint density at radius 3 is 1.21 bits per heavy atom. The number of nitrogens with zero attached hydrogens (tertiary/aromatic N) is 2. The molecule has 2 fully saturated rings. The highest BCUT2D eigenvalue weighted by atomic mass is 16.2. The van der Waals surface area contributed by atoms with Crippen LogP contribution in [0.2, 0.25) is 0 Å². The molecule has 4 atom stereocenters. The van der Waals surface area contributed by atoms with Crippen molar-refractivity contribution in [2.24, 2.45) is 11.8 Å². The maximum Gasteiger partial charge on any atom is 0.325 e. The molecule has 0 aliphatic carbocycles. The number of ketones is 2. The number of benzene rings is 2. The third-order valence-corrected chi connectivity index (χ3v) is 11.1. The number of hydrogen-bond donors (Lipinski definition) is 6. The van der Waals surface area contributed by atoms with E-state index in [0.29, 0.717) is 24.2 Å². The highest BCUT2D eigenvalue weighted by Crippen LogP contribution is 2.21. The van der Waals surface area contributed by atoms with E-state index in [4.69, 9.17) is 0 Å². The smallest absolute Gasteiger partial charge is 0.325 e. The fraction of sp³-hybridized carbons (Fsp3) is 0.489. The molecule has 67 heavy (non-hydrogen) atoms. The lowest BCUT2D eigenvalue weighted by atomic mass is 10.1. The molecule has 0 aromatic heterocycles. The first-order valence-corrected chi connectivity index (χ1v) is 22.5. The highest BCUT2D eigenvalue weighted by molar-refractivity contribution is 6.06. The Kier molecular flexibility index (Phi) is 20.0. The molecule has 6 N–H and O–H groups in total. The zero-order chi connectivity index (χ0) is 49.2. The number of imide groups is 4. The minimum absolute atomic E-state index is 0.0324. The Hall–Kier alpha value is -7.12. The van der Waals surface area contributed by atoms with Crippen LogP contribution in [-0.2, 0) is 60.8 Å². The average molecular weight is 929 g/mol. The third kappa shape index (κ3) is 17.3. The fourth-order valence-electron chi connectivity index (χ4n) is 7.59. The van der Waals surface area contributed by atoms with Crippen molar-refractivity contribution in [1.82, 2.24) is 31.1 Å². The molecule has 2 aromatic rings. The second-order valence-electron chi connectivity index (χ2n) is 17.1. The van der Waals surface area contributed by atoms with E-state index in [1.807, 2.05) is 0 Å². The normalized spacial score (nSPS) is 16.5. The number of nitrogens with one attached hydrogen (secondary N) is 6. The number of urea groups is 2. The van der Waals surface area contributed by atoms with Gasteiger partial charge < -0.3 is 21.3 Å². The highest BCUT2D eigenvalue weighted by Gasteiger charge is 2.36. The summed E-state index contributed by atoms with van der Waals surface area (Å²) in [4.78, 5) is 153. The summed E-state index contributed by atoms with van der Waals surface area (Å²) in [6, 6.07) is 8.65. The number of rotatable bonds is 24. The Morgan fingerprint density at radius 1 is 0.537 bits per heavy atom. The molecule has 360 valence electrons. The van der Waals surface area contributed by atoms with E-state index in [9.17, 15) is 57.5 Å². The van der Waals surface area contributed by atoms with Crippen LogP contribution in [0.4, 0.5) is 21.0 Å². The molecule has 20 heteroatoms. The SMILES string of the molecule is CC(=O)Cc1ccc(NC(=O)NC(=O)C(CCCCN2C(=O)CC(C)C2=O)NC(=O)CCCC(=O)NC(CCCCN2C(=O)CC(C)C2=O)C(=O)NC(=O)Nc2ccc(CC(C)=O)cc2)cc1. The number of anilines is 2. The van der Waals surface area contributed by atoms with Gasteiger partial charge in [0.15, 0.2) is 0 Å². The van der Waals surface area contributed by atoms with E-state index in [1.165, 1.54) is 23.6 Å². The van der Waals surface area contributed by atoms with Gasteiger partial charge in [0.2, 0.25) is 35.4 Å². The van der Waals surface area contributed by atoms with Crippen molar-refractivity contribution in [2.75, 3.05) is 23.7 Å². The Morgan fingerprint density at radius 2 is 0.896 bits per heavy atom. The van der Waals surface area contributed by atoms with Gasteiger partial charge in [-0.25, -0.2) is 9.59 Å². The van der Waals surface area contributed by atoms with Gasteiger partial charge in [-0.05, 0) is 94.2 Å². The zero-order valence-corrected chi connectivity index (χ0v) is 38.3. The molecular weight excluding hydrogens is 869 g/mol. The molecular formula is C47H60N8O12. The van der Waals surface area contributed by atoms with E-state index in [-0.39, 0.29) is 119 Å². The molecule has 2 aliphatic heterocycles. The number of hydrogen-bond acceptors (Lipinski definition) is 12. The predicted molar refractivity (Wildman–Crippen MR) is 242 cm³/mol. The molecule has 4 unspecified atom stereocenters. The molecule has 2 heterocycles. The standard InChI is InChI=1S/C47H60N8O12/c1-28-24-40(60)54(44(28)64)22-7-5-10-36(42(62)52-46(66)48-34-18-14-32(15-19-34)26-30(3)56)50-38(58)12-9-13-39(59)51-37(11-6-8-23-55-41(61)25-29(2)45(55)65)43(63)53-47(67)49-35-20-16-33(17-21-35)27-31(4)57/h14-21,28-29,36-37H,5-13,22-27H2,1-4H3,(H,50,58)(H,51,59)(H2,48,52,62,66)(H2,49,53,63,67). The maximum atomic E-state index is 13.4. The number of carbonyl (C=O) groups is 12. The first kappa shape index (κ1) is 52.5. The van der Waals surface area contributed by atoms with Crippen LogP contribution in [0.3, 0.4) is 0 Å². The minimum atomic E-state index is -1.22. The molecule has 0 bridgehead atoms. The number of unbranched alkanes of at least 4 members (excludes halogenated alkanes) is 2. The van der Waals surface area contributed by atoms with Crippen LogP contribution >= 0.6 is 0 Å². The summed E-state index contributed by atoms with van der Waals surface area (Å²) in [5.41, 5.74) is 2.14. The summed E-state index contributed by atoms with van der Waals surface area (Å²) < 4.78 is 0. The van der Waals surface area contributed by atoms with Gasteiger partial charge in [0, 0.05) is 74.8 Å². The molecule has 2 aromatic carbocycles. The summed E-state index contributed by atoms with van der Waals surface area (Å²) in [6.07, 6.45) is 1.41. The van der Waals surface area contributed by atoms with Gasteiger partial charge in [-0.3, -0.25) is 68.4 Å². The van der Waals surface area contributed by atoms with Gasteiger partial charge in [0.05, 0.1) is 0 Å². The Balaban J connectivity index is 1.33. The fourth-order valence-corrected chi connectivity index (χ4v) is 7.59. The molecule has 0 spiro atoms. The van der Waals surface area contributed by atoms with Crippen LogP contribution in [0.1, 0.15) is 109 Å². The molecule has 4 rings (SSSR count). The summed E-state index contributed by atoms with van der Waals surface area (Å²) in [6.45, 7) is 6.48. The van der Waals surface area contributed by atoms with Crippen LogP contribution in [0, 0.1) is 11.8 Å². The molecule has 20 nitrogen and oxygen atoms in total.